The Bertz CT molecular complexity index is 279. The molecule has 1 aromatic rings. The zero-order valence-corrected chi connectivity index (χ0v) is 7.04. The lowest BCUT2D eigenvalue weighted by atomic mass is 10.1. The van der Waals surface area contributed by atoms with Crippen LogP contribution >= 0.6 is 0 Å². The fourth-order valence-corrected chi connectivity index (χ4v) is 0.999. The summed E-state index contributed by atoms with van der Waals surface area (Å²) in [6, 6.07) is -1.02. The van der Waals surface area contributed by atoms with Gasteiger partial charge in [-0.05, 0) is 0 Å². The Hall–Kier alpha value is -1.04. The number of aromatic nitrogens is 2. The third-order valence-corrected chi connectivity index (χ3v) is 1.60. The van der Waals surface area contributed by atoms with Crippen molar-refractivity contribution in [2.45, 2.75) is 18.6 Å². The molecule has 0 unspecified atom stereocenters. The summed E-state index contributed by atoms with van der Waals surface area (Å²) in [6.45, 7) is 0. The highest BCUT2D eigenvalue weighted by Crippen LogP contribution is 2.27. The van der Waals surface area contributed by atoms with E-state index >= 15 is 0 Å². The fraction of sp³-hybridized carbons (Fsp3) is 0.571. The maximum atomic E-state index is 11.9. The van der Waals surface area contributed by atoms with Crippen LogP contribution in [0.1, 0.15) is 18.0 Å². The van der Waals surface area contributed by atoms with Crippen molar-refractivity contribution in [3.05, 3.63) is 18.0 Å². The predicted molar refractivity (Wildman–Crippen MR) is 40.8 cm³/mol. The molecule has 1 heterocycles. The quantitative estimate of drug-likeness (QED) is 0.770. The van der Waals surface area contributed by atoms with E-state index in [-0.39, 0.29) is 0 Å². The molecular formula is C7H10F3N3. The van der Waals surface area contributed by atoms with Crippen LogP contribution in [0.15, 0.2) is 12.4 Å². The Labute approximate surface area is 73.3 Å². The normalized spacial score (nSPS) is 14.5. The molecule has 6 heteroatoms. The van der Waals surface area contributed by atoms with Crippen LogP contribution in [0.4, 0.5) is 13.2 Å². The Balaban J connectivity index is 2.64. The van der Waals surface area contributed by atoms with Crippen molar-refractivity contribution in [3.63, 3.8) is 0 Å². The summed E-state index contributed by atoms with van der Waals surface area (Å²) in [4.78, 5) is 0. The van der Waals surface area contributed by atoms with Gasteiger partial charge in [-0.1, -0.05) is 0 Å². The minimum Gasteiger partial charge on any atom is -0.324 e. The molecule has 0 radical (unpaired) electrons. The van der Waals surface area contributed by atoms with Crippen LogP contribution in [0.25, 0.3) is 0 Å². The Morgan fingerprint density at radius 1 is 1.62 bits per heavy atom. The molecule has 0 amide bonds. The summed E-state index contributed by atoms with van der Waals surface area (Å²) in [7, 11) is 1.63. The van der Waals surface area contributed by atoms with Crippen molar-refractivity contribution < 1.29 is 13.2 Å². The maximum Gasteiger partial charge on any atom is 0.390 e. The third-order valence-electron chi connectivity index (χ3n) is 1.60. The molecule has 0 saturated carbocycles. The van der Waals surface area contributed by atoms with Crippen LogP contribution in [0, 0.1) is 0 Å². The van der Waals surface area contributed by atoms with Crippen LogP contribution < -0.4 is 5.73 Å². The first-order valence-corrected chi connectivity index (χ1v) is 3.69. The molecule has 0 aromatic carbocycles. The molecule has 74 valence electrons. The number of hydrogen-bond acceptors (Lipinski definition) is 2. The van der Waals surface area contributed by atoms with Gasteiger partial charge in [0.25, 0.3) is 0 Å². The van der Waals surface area contributed by atoms with E-state index in [1.807, 2.05) is 0 Å². The summed E-state index contributed by atoms with van der Waals surface area (Å²) in [5, 5.41) is 3.74. The molecule has 1 aromatic heterocycles. The van der Waals surface area contributed by atoms with Crippen LogP contribution in [0.5, 0.6) is 0 Å². The molecule has 1 rings (SSSR count). The number of rotatable bonds is 2. The van der Waals surface area contributed by atoms with Gasteiger partial charge >= 0.3 is 6.18 Å². The predicted octanol–water partition coefficient (Wildman–Crippen LogP) is 1.37. The average Bonchev–Trinajstić information content (AvgIpc) is 2.31. The second-order valence-corrected chi connectivity index (χ2v) is 2.87. The van der Waals surface area contributed by atoms with E-state index in [0.717, 1.165) is 0 Å². The van der Waals surface area contributed by atoms with Crippen LogP contribution in [-0.4, -0.2) is 16.0 Å². The van der Waals surface area contributed by atoms with Gasteiger partial charge in [-0.3, -0.25) is 4.68 Å². The van der Waals surface area contributed by atoms with Crippen molar-refractivity contribution in [3.8, 4) is 0 Å². The van der Waals surface area contributed by atoms with Crippen molar-refractivity contribution in [2.24, 2.45) is 12.8 Å². The third kappa shape index (κ3) is 3.06. The van der Waals surface area contributed by atoms with E-state index in [1.165, 1.54) is 17.1 Å². The molecule has 0 fully saturated rings. The van der Waals surface area contributed by atoms with Crippen molar-refractivity contribution >= 4 is 0 Å². The Morgan fingerprint density at radius 3 is 2.62 bits per heavy atom. The molecule has 0 aliphatic heterocycles. The van der Waals surface area contributed by atoms with Gasteiger partial charge in [-0.2, -0.15) is 18.3 Å². The molecule has 1 atom stereocenters. The Morgan fingerprint density at radius 2 is 2.23 bits per heavy atom. The van der Waals surface area contributed by atoms with Gasteiger partial charge in [0.05, 0.1) is 12.6 Å². The van der Waals surface area contributed by atoms with Crippen LogP contribution in [0.2, 0.25) is 0 Å². The van der Waals surface area contributed by atoms with Gasteiger partial charge in [-0.15, -0.1) is 0 Å². The second-order valence-electron chi connectivity index (χ2n) is 2.87. The van der Waals surface area contributed by atoms with E-state index in [0.29, 0.717) is 5.56 Å². The van der Waals surface area contributed by atoms with Gasteiger partial charge < -0.3 is 5.73 Å². The highest BCUT2D eigenvalue weighted by molar-refractivity contribution is 5.09. The van der Waals surface area contributed by atoms with Gasteiger partial charge in [0.1, 0.15) is 0 Å². The first-order chi connectivity index (χ1) is 5.88. The first kappa shape index (κ1) is 10.0. The highest BCUT2D eigenvalue weighted by atomic mass is 19.4. The first-order valence-electron chi connectivity index (χ1n) is 3.69. The van der Waals surface area contributed by atoms with E-state index in [9.17, 15) is 13.2 Å². The lowest BCUT2D eigenvalue weighted by Gasteiger charge is -2.11. The molecule has 0 bridgehead atoms. The SMILES string of the molecule is Cn1cc([C@H](N)CC(F)(F)F)cn1. The minimum atomic E-state index is -4.23. The van der Waals surface area contributed by atoms with E-state index in [2.05, 4.69) is 5.10 Å². The molecule has 0 aliphatic carbocycles. The standard InChI is InChI=1S/C7H10F3N3/c1-13-4-5(3-12-13)6(11)2-7(8,9)10/h3-4,6H,2,11H2,1H3/t6-/m1/s1. The molecule has 0 aliphatic rings. The van der Waals surface area contributed by atoms with Gasteiger partial charge in [0.2, 0.25) is 0 Å². The Kier molecular flexibility index (Phi) is 2.60. The fourth-order valence-electron chi connectivity index (χ4n) is 0.999. The van der Waals surface area contributed by atoms with Crippen molar-refractivity contribution in [1.82, 2.24) is 9.78 Å². The topological polar surface area (TPSA) is 43.8 Å². The summed E-state index contributed by atoms with van der Waals surface area (Å²) < 4.78 is 37.1. The monoisotopic (exact) mass is 193 g/mol. The summed E-state index contributed by atoms with van der Waals surface area (Å²) >= 11 is 0. The lowest BCUT2D eigenvalue weighted by molar-refractivity contribution is -0.138. The van der Waals surface area contributed by atoms with Crippen molar-refractivity contribution in [1.29, 1.82) is 0 Å². The minimum absolute atomic E-state index is 0.403. The largest absolute Gasteiger partial charge is 0.390 e. The molecule has 0 saturated heterocycles. The van der Waals surface area contributed by atoms with Gasteiger partial charge in [0, 0.05) is 24.8 Å². The van der Waals surface area contributed by atoms with E-state index in [4.69, 9.17) is 5.73 Å². The van der Waals surface area contributed by atoms with E-state index in [1.54, 1.807) is 7.05 Å². The number of aryl methyl sites for hydroxylation is 1. The summed E-state index contributed by atoms with van der Waals surface area (Å²) in [5.41, 5.74) is 5.72. The number of halogens is 3. The van der Waals surface area contributed by atoms with Gasteiger partial charge in [0.15, 0.2) is 0 Å². The van der Waals surface area contributed by atoms with Crippen molar-refractivity contribution in [2.75, 3.05) is 0 Å². The number of hydrogen-bond donors (Lipinski definition) is 1. The maximum absolute atomic E-state index is 11.9. The smallest absolute Gasteiger partial charge is 0.324 e. The summed E-state index contributed by atoms with van der Waals surface area (Å²) in [6.07, 6.45) is -2.42. The molecule has 3 nitrogen and oxygen atoms in total. The van der Waals surface area contributed by atoms with Gasteiger partial charge in [-0.25, -0.2) is 0 Å². The number of alkyl halides is 3. The average molecular weight is 193 g/mol. The molecular weight excluding hydrogens is 183 g/mol. The molecule has 0 spiro atoms. The molecule has 2 N–H and O–H groups in total. The van der Waals surface area contributed by atoms with E-state index < -0.39 is 18.6 Å². The second kappa shape index (κ2) is 3.37. The zero-order valence-electron chi connectivity index (χ0n) is 7.04. The lowest BCUT2D eigenvalue weighted by Crippen LogP contribution is -2.19. The summed E-state index contributed by atoms with van der Waals surface area (Å²) in [5.74, 6) is 0. The highest BCUT2D eigenvalue weighted by Gasteiger charge is 2.31. The van der Waals surface area contributed by atoms with Crippen LogP contribution in [-0.2, 0) is 7.05 Å². The number of nitrogens with two attached hydrogens (primary N) is 1. The molecule has 13 heavy (non-hydrogen) atoms. The van der Waals surface area contributed by atoms with Crippen LogP contribution in [0.3, 0.4) is 0 Å². The number of nitrogens with zero attached hydrogens (tertiary/aromatic N) is 2. The zero-order chi connectivity index (χ0) is 10.1.